The molecule has 3 heterocycles. The fourth-order valence-electron chi connectivity index (χ4n) is 3.35. The minimum atomic E-state index is -0.168. The van der Waals surface area contributed by atoms with Crippen molar-refractivity contribution in [3.05, 3.63) is 64.8 Å². The van der Waals surface area contributed by atoms with Crippen molar-refractivity contribution < 1.29 is 9.59 Å². The fourth-order valence-corrected chi connectivity index (χ4v) is 4.31. The molecule has 3 aromatic rings. The number of likely N-dealkylation sites (tertiary alicyclic amines) is 1. The van der Waals surface area contributed by atoms with Gasteiger partial charge in [-0.3, -0.25) is 9.78 Å². The number of thiazole rings is 1. The summed E-state index contributed by atoms with van der Waals surface area (Å²) in [4.78, 5) is 36.1. The maximum Gasteiger partial charge on any atom is 0.321 e. The molecule has 0 aliphatic carbocycles. The smallest absolute Gasteiger partial charge is 0.321 e. The monoisotopic (exact) mass is 421 g/mol. The maximum atomic E-state index is 12.7. The first-order valence-electron chi connectivity index (χ1n) is 9.92. The molecule has 2 aromatic heterocycles. The minimum absolute atomic E-state index is 0.0731. The molecule has 0 bridgehead atoms. The second-order valence-corrected chi connectivity index (χ2v) is 8.15. The lowest BCUT2D eigenvalue weighted by Crippen LogP contribution is -2.32. The Bertz CT molecular complexity index is 1040. The van der Waals surface area contributed by atoms with Gasteiger partial charge in [-0.25, -0.2) is 9.78 Å². The lowest BCUT2D eigenvalue weighted by molar-refractivity contribution is 0.0954. The molecule has 0 saturated carbocycles. The number of pyridine rings is 1. The lowest BCUT2D eigenvalue weighted by Gasteiger charge is -2.16. The van der Waals surface area contributed by atoms with E-state index in [0.29, 0.717) is 17.1 Å². The van der Waals surface area contributed by atoms with Crippen molar-refractivity contribution >= 4 is 29.0 Å². The normalized spacial score (nSPS) is 13.3. The zero-order valence-electron chi connectivity index (χ0n) is 16.7. The summed E-state index contributed by atoms with van der Waals surface area (Å²) in [5, 5.41) is 6.60. The lowest BCUT2D eigenvalue weighted by atomic mass is 10.2. The average Bonchev–Trinajstić information content (AvgIpc) is 3.43. The predicted octanol–water partition coefficient (Wildman–Crippen LogP) is 4.07. The zero-order valence-corrected chi connectivity index (χ0v) is 17.5. The van der Waals surface area contributed by atoms with Gasteiger partial charge in [-0.1, -0.05) is 18.2 Å². The van der Waals surface area contributed by atoms with Crippen LogP contribution in [0.25, 0.3) is 10.7 Å². The third kappa shape index (κ3) is 4.65. The van der Waals surface area contributed by atoms with Crippen LogP contribution in [0.15, 0.2) is 48.7 Å². The Hall–Kier alpha value is -3.26. The van der Waals surface area contributed by atoms with Crippen molar-refractivity contribution in [2.24, 2.45) is 0 Å². The van der Waals surface area contributed by atoms with E-state index in [1.807, 2.05) is 54.3 Å². The third-order valence-corrected chi connectivity index (χ3v) is 6.09. The second kappa shape index (κ2) is 9.04. The fraction of sp³-hybridized carbons (Fsp3) is 0.273. The second-order valence-electron chi connectivity index (χ2n) is 7.16. The number of rotatable bonds is 5. The SMILES string of the molecule is Cc1nc(-c2ccccn2)sc1C(=O)NCc1cccc(NC(=O)N2CCCC2)c1. The number of anilines is 1. The first-order chi connectivity index (χ1) is 14.6. The van der Waals surface area contributed by atoms with Crippen molar-refractivity contribution in [1.29, 1.82) is 0 Å². The number of carbonyl (C=O) groups excluding carboxylic acids is 2. The number of benzene rings is 1. The summed E-state index contributed by atoms with van der Waals surface area (Å²) in [6.07, 6.45) is 3.82. The number of carbonyl (C=O) groups is 2. The number of amides is 3. The number of aromatic nitrogens is 2. The highest BCUT2D eigenvalue weighted by molar-refractivity contribution is 7.17. The minimum Gasteiger partial charge on any atom is -0.347 e. The summed E-state index contributed by atoms with van der Waals surface area (Å²) in [6.45, 7) is 3.79. The van der Waals surface area contributed by atoms with Crippen LogP contribution in [0.3, 0.4) is 0 Å². The first-order valence-corrected chi connectivity index (χ1v) is 10.7. The third-order valence-electron chi connectivity index (χ3n) is 4.91. The van der Waals surface area contributed by atoms with Gasteiger partial charge < -0.3 is 15.5 Å². The van der Waals surface area contributed by atoms with Crippen LogP contribution in [0, 0.1) is 6.92 Å². The Morgan fingerprint density at radius 2 is 1.97 bits per heavy atom. The van der Waals surface area contributed by atoms with Gasteiger partial charge in [0.15, 0.2) is 0 Å². The molecule has 0 unspecified atom stereocenters. The van der Waals surface area contributed by atoms with Gasteiger partial charge in [0.2, 0.25) is 0 Å². The van der Waals surface area contributed by atoms with E-state index in [1.54, 1.807) is 6.20 Å². The highest BCUT2D eigenvalue weighted by Gasteiger charge is 2.18. The van der Waals surface area contributed by atoms with Crippen LogP contribution in [0.1, 0.15) is 33.8 Å². The zero-order chi connectivity index (χ0) is 20.9. The molecule has 2 N–H and O–H groups in total. The molecule has 8 heteroatoms. The number of aryl methyl sites for hydroxylation is 1. The summed E-state index contributed by atoms with van der Waals surface area (Å²) in [5.74, 6) is -0.168. The molecule has 1 aromatic carbocycles. The predicted molar refractivity (Wildman–Crippen MR) is 118 cm³/mol. The molecule has 1 aliphatic heterocycles. The van der Waals surface area contributed by atoms with Gasteiger partial charge in [0.25, 0.3) is 5.91 Å². The molecule has 0 atom stereocenters. The van der Waals surface area contributed by atoms with Crippen LogP contribution < -0.4 is 10.6 Å². The van der Waals surface area contributed by atoms with Crippen LogP contribution >= 0.6 is 11.3 Å². The number of hydrogen-bond acceptors (Lipinski definition) is 5. The maximum absolute atomic E-state index is 12.7. The van der Waals surface area contributed by atoms with Crippen molar-refractivity contribution in [1.82, 2.24) is 20.2 Å². The molecule has 0 spiro atoms. The number of nitrogens with zero attached hydrogens (tertiary/aromatic N) is 3. The molecular formula is C22H23N5O2S. The summed E-state index contributed by atoms with van der Waals surface area (Å²) in [7, 11) is 0. The van der Waals surface area contributed by atoms with Crippen LogP contribution in [-0.4, -0.2) is 39.9 Å². The van der Waals surface area contributed by atoms with E-state index in [1.165, 1.54) is 11.3 Å². The van der Waals surface area contributed by atoms with Crippen LogP contribution in [0.2, 0.25) is 0 Å². The topological polar surface area (TPSA) is 87.2 Å². The molecule has 154 valence electrons. The van der Waals surface area contributed by atoms with E-state index >= 15 is 0 Å². The molecule has 30 heavy (non-hydrogen) atoms. The molecule has 7 nitrogen and oxygen atoms in total. The molecule has 1 fully saturated rings. The Morgan fingerprint density at radius 1 is 1.13 bits per heavy atom. The summed E-state index contributed by atoms with van der Waals surface area (Å²) < 4.78 is 0. The van der Waals surface area contributed by atoms with Gasteiger partial charge >= 0.3 is 6.03 Å². The molecule has 4 rings (SSSR count). The summed E-state index contributed by atoms with van der Waals surface area (Å²) in [5.41, 5.74) is 3.08. The van der Waals surface area contributed by atoms with E-state index in [9.17, 15) is 9.59 Å². The van der Waals surface area contributed by atoms with E-state index in [4.69, 9.17) is 0 Å². The van der Waals surface area contributed by atoms with Gasteiger partial charge in [0, 0.05) is 31.5 Å². The van der Waals surface area contributed by atoms with E-state index in [0.717, 1.165) is 47.9 Å². The van der Waals surface area contributed by atoms with Crippen molar-refractivity contribution in [2.75, 3.05) is 18.4 Å². The van der Waals surface area contributed by atoms with E-state index in [2.05, 4.69) is 20.6 Å². The number of hydrogen-bond donors (Lipinski definition) is 2. The van der Waals surface area contributed by atoms with Gasteiger partial charge in [0.1, 0.15) is 9.88 Å². The van der Waals surface area contributed by atoms with Crippen molar-refractivity contribution in [3.63, 3.8) is 0 Å². The van der Waals surface area contributed by atoms with Crippen LogP contribution in [0.4, 0.5) is 10.5 Å². The van der Waals surface area contributed by atoms with Crippen LogP contribution in [0.5, 0.6) is 0 Å². The van der Waals surface area contributed by atoms with Crippen molar-refractivity contribution in [2.45, 2.75) is 26.3 Å². The number of urea groups is 1. The van der Waals surface area contributed by atoms with Gasteiger partial charge in [-0.2, -0.15) is 0 Å². The average molecular weight is 422 g/mol. The quantitative estimate of drug-likeness (QED) is 0.650. The number of nitrogens with one attached hydrogen (secondary N) is 2. The largest absolute Gasteiger partial charge is 0.347 e. The highest BCUT2D eigenvalue weighted by Crippen LogP contribution is 2.26. The highest BCUT2D eigenvalue weighted by atomic mass is 32.1. The van der Waals surface area contributed by atoms with Crippen LogP contribution in [-0.2, 0) is 6.54 Å². The summed E-state index contributed by atoms with van der Waals surface area (Å²) in [6, 6.07) is 13.1. The Kier molecular flexibility index (Phi) is 6.04. The molecule has 3 amide bonds. The Morgan fingerprint density at radius 3 is 2.73 bits per heavy atom. The van der Waals surface area contributed by atoms with Gasteiger partial charge in [-0.05, 0) is 49.6 Å². The van der Waals surface area contributed by atoms with E-state index < -0.39 is 0 Å². The van der Waals surface area contributed by atoms with Crippen molar-refractivity contribution in [3.8, 4) is 10.7 Å². The Balaban J connectivity index is 1.38. The molecular weight excluding hydrogens is 398 g/mol. The molecule has 1 aliphatic rings. The Labute approximate surface area is 179 Å². The standard InChI is InChI=1S/C22H23N5O2S/c1-15-19(30-21(25-15)18-9-2-3-10-23-18)20(28)24-14-16-7-6-8-17(13-16)26-22(29)27-11-4-5-12-27/h2-3,6-10,13H,4-5,11-12,14H2,1H3,(H,24,28)(H,26,29). The van der Waals surface area contributed by atoms with E-state index in [-0.39, 0.29) is 11.9 Å². The molecule has 0 radical (unpaired) electrons. The first kappa shape index (κ1) is 20.0. The van der Waals surface area contributed by atoms with Gasteiger partial charge in [-0.15, -0.1) is 11.3 Å². The summed E-state index contributed by atoms with van der Waals surface area (Å²) >= 11 is 1.33. The molecule has 1 saturated heterocycles. The van der Waals surface area contributed by atoms with Gasteiger partial charge in [0.05, 0.1) is 11.4 Å².